The van der Waals surface area contributed by atoms with Crippen molar-refractivity contribution in [2.45, 2.75) is 0 Å². The van der Waals surface area contributed by atoms with Gasteiger partial charge in [-0.05, 0) is 54.7 Å². The summed E-state index contributed by atoms with van der Waals surface area (Å²) < 4.78 is 15.8. The summed E-state index contributed by atoms with van der Waals surface area (Å²) in [5.41, 5.74) is 1.49. The fraction of sp³-hybridized carbons (Fsp3) is 0.125. The molecule has 11 heteroatoms. The average Bonchev–Trinajstić information content (AvgIpc) is 2.86. The molecule has 0 spiro atoms. The van der Waals surface area contributed by atoms with Crippen molar-refractivity contribution in [1.29, 1.82) is 0 Å². The van der Waals surface area contributed by atoms with Crippen LogP contribution >= 0.6 is 23.8 Å². The summed E-state index contributed by atoms with van der Waals surface area (Å²) in [6, 6.07) is 16.4. The maximum absolute atomic E-state index is 13.0. The van der Waals surface area contributed by atoms with Gasteiger partial charge < -0.3 is 24.8 Å². The van der Waals surface area contributed by atoms with Crippen LogP contribution in [0.15, 0.2) is 60.7 Å². The van der Waals surface area contributed by atoms with E-state index in [4.69, 9.17) is 43.9 Å². The zero-order valence-electron chi connectivity index (χ0n) is 19.1. The largest absolute Gasteiger partial charge is 0.493 e. The highest BCUT2D eigenvalue weighted by molar-refractivity contribution is 7.80. The Hall–Kier alpha value is -3.86. The third-order valence-electron chi connectivity index (χ3n) is 4.79. The molecule has 9 nitrogen and oxygen atoms in total. The molecule has 0 atom stereocenters. The van der Waals surface area contributed by atoms with Gasteiger partial charge in [0.25, 0.3) is 11.8 Å². The standard InChI is InChI=1S/C24H23ClN4O5S/c1-32-19-9-15(10-20(33-2)21(19)34-3)23(31)29(26)24(35)28-18-12-16(25)11-17(13-18)27-22(30)14-7-5-4-6-8-14/h4-13H,26H2,1-3H3,(H,27,30)(H,28,35). The first-order valence-electron chi connectivity index (χ1n) is 10.1. The van der Waals surface area contributed by atoms with Crippen molar-refractivity contribution in [2.24, 2.45) is 5.84 Å². The number of hydrazine groups is 1. The Kier molecular flexibility index (Phi) is 8.48. The van der Waals surface area contributed by atoms with Gasteiger partial charge in [0.15, 0.2) is 16.6 Å². The summed E-state index contributed by atoms with van der Waals surface area (Å²) in [6.45, 7) is 0. The molecule has 0 heterocycles. The first-order valence-corrected chi connectivity index (χ1v) is 10.9. The van der Waals surface area contributed by atoms with Crippen LogP contribution in [-0.4, -0.2) is 43.3 Å². The number of methoxy groups -OCH3 is 3. The molecule has 0 bridgehead atoms. The molecule has 0 unspecified atom stereocenters. The lowest BCUT2D eigenvalue weighted by Crippen LogP contribution is -2.45. The van der Waals surface area contributed by atoms with Gasteiger partial charge in [-0.2, -0.15) is 0 Å². The van der Waals surface area contributed by atoms with Crippen molar-refractivity contribution in [3.63, 3.8) is 0 Å². The number of nitrogens with two attached hydrogens (primary N) is 1. The number of anilines is 2. The molecule has 3 rings (SSSR count). The molecule has 3 aromatic rings. The fourth-order valence-corrected chi connectivity index (χ4v) is 3.58. The number of halogens is 1. The fourth-order valence-electron chi connectivity index (χ4n) is 3.15. The lowest BCUT2D eigenvalue weighted by molar-refractivity contribution is 0.0848. The second-order valence-electron chi connectivity index (χ2n) is 7.07. The number of benzene rings is 3. The van der Waals surface area contributed by atoms with Gasteiger partial charge in [-0.15, -0.1) is 0 Å². The number of ether oxygens (including phenoxy) is 3. The molecular formula is C24H23ClN4O5S. The number of rotatable bonds is 7. The van der Waals surface area contributed by atoms with Gasteiger partial charge in [0.2, 0.25) is 5.75 Å². The van der Waals surface area contributed by atoms with E-state index in [-0.39, 0.29) is 28.1 Å². The molecule has 0 aliphatic rings. The first kappa shape index (κ1) is 25.8. The number of amides is 2. The van der Waals surface area contributed by atoms with E-state index >= 15 is 0 Å². The predicted molar refractivity (Wildman–Crippen MR) is 139 cm³/mol. The van der Waals surface area contributed by atoms with Gasteiger partial charge in [0.05, 0.1) is 21.3 Å². The Morgan fingerprint density at radius 3 is 1.97 bits per heavy atom. The van der Waals surface area contributed by atoms with Crippen LogP contribution in [0.2, 0.25) is 5.02 Å². The number of nitrogens with one attached hydrogen (secondary N) is 2. The monoisotopic (exact) mass is 514 g/mol. The summed E-state index contributed by atoms with van der Waals surface area (Å²) in [7, 11) is 4.33. The molecular weight excluding hydrogens is 492 g/mol. The van der Waals surface area contributed by atoms with Crippen LogP contribution in [0.25, 0.3) is 0 Å². The molecule has 3 aromatic carbocycles. The van der Waals surface area contributed by atoms with E-state index in [0.717, 1.165) is 5.01 Å². The van der Waals surface area contributed by atoms with E-state index in [2.05, 4.69) is 10.6 Å². The normalized spacial score (nSPS) is 10.2. The lowest BCUT2D eigenvalue weighted by Gasteiger charge is -2.20. The van der Waals surface area contributed by atoms with E-state index in [1.54, 1.807) is 42.5 Å². The van der Waals surface area contributed by atoms with Crippen LogP contribution in [0.5, 0.6) is 17.2 Å². The third kappa shape index (κ3) is 6.18. The van der Waals surface area contributed by atoms with Crippen molar-refractivity contribution < 1.29 is 23.8 Å². The van der Waals surface area contributed by atoms with Gasteiger partial charge >= 0.3 is 0 Å². The molecule has 0 aliphatic heterocycles. The molecule has 0 aliphatic carbocycles. The topological polar surface area (TPSA) is 115 Å². The van der Waals surface area contributed by atoms with E-state index in [1.165, 1.54) is 33.5 Å². The van der Waals surface area contributed by atoms with Crippen LogP contribution in [0.3, 0.4) is 0 Å². The lowest BCUT2D eigenvalue weighted by atomic mass is 10.1. The highest BCUT2D eigenvalue weighted by Gasteiger charge is 2.22. The minimum absolute atomic E-state index is 0.105. The highest BCUT2D eigenvalue weighted by atomic mass is 35.5. The van der Waals surface area contributed by atoms with Crippen molar-refractivity contribution in [3.8, 4) is 17.2 Å². The highest BCUT2D eigenvalue weighted by Crippen LogP contribution is 2.38. The van der Waals surface area contributed by atoms with E-state index in [0.29, 0.717) is 27.7 Å². The van der Waals surface area contributed by atoms with Gasteiger partial charge in [-0.1, -0.05) is 29.8 Å². The Morgan fingerprint density at radius 1 is 0.857 bits per heavy atom. The number of nitrogens with zero attached hydrogens (tertiary/aromatic N) is 1. The zero-order chi connectivity index (χ0) is 25.5. The van der Waals surface area contributed by atoms with Crippen LogP contribution in [0.4, 0.5) is 11.4 Å². The molecule has 0 saturated heterocycles. The molecule has 0 aromatic heterocycles. The van der Waals surface area contributed by atoms with E-state index < -0.39 is 5.91 Å². The van der Waals surface area contributed by atoms with Crippen LogP contribution in [-0.2, 0) is 0 Å². The summed E-state index contributed by atoms with van der Waals surface area (Å²) in [4.78, 5) is 25.4. The second-order valence-corrected chi connectivity index (χ2v) is 7.89. The minimum Gasteiger partial charge on any atom is -0.493 e. The molecule has 2 amide bonds. The van der Waals surface area contributed by atoms with E-state index in [9.17, 15) is 9.59 Å². The number of hydrogen-bond acceptors (Lipinski definition) is 7. The molecule has 35 heavy (non-hydrogen) atoms. The van der Waals surface area contributed by atoms with Crippen LogP contribution in [0, 0.1) is 0 Å². The quantitative estimate of drug-likeness (QED) is 0.185. The molecule has 0 fully saturated rings. The maximum atomic E-state index is 13.0. The van der Waals surface area contributed by atoms with Gasteiger partial charge in [0.1, 0.15) is 0 Å². The van der Waals surface area contributed by atoms with Gasteiger partial charge in [0, 0.05) is 27.5 Å². The molecule has 182 valence electrons. The summed E-state index contributed by atoms with van der Waals surface area (Å²) in [5, 5.41) is 6.62. The van der Waals surface area contributed by atoms with Crippen molar-refractivity contribution in [2.75, 3.05) is 32.0 Å². The summed E-state index contributed by atoms with van der Waals surface area (Å²) >= 11 is 11.5. The Bertz CT molecular complexity index is 1230. The number of hydrogen-bond donors (Lipinski definition) is 3. The Labute approximate surface area is 212 Å². The molecule has 0 radical (unpaired) electrons. The van der Waals surface area contributed by atoms with Crippen molar-refractivity contribution >= 4 is 52.1 Å². The average molecular weight is 515 g/mol. The number of carbonyl (C=O) groups is 2. The maximum Gasteiger partial charge on any atom is 0.274 e. The van der Waals surface area contributed by atoms with E-state index in [1.807, 2.05) is 6.07 Å². The summed E-state index contributed by atoms with van der Waals surface area (Å²) in [5.74, 6) is 5.97. The first-order chi connectivity index (χ1) is 16.8. The molecule has 4 N–H and O–H groups in total. The van der Waals surface area contributed by atoms with Crippen LogP contribution in [0.1, 0.15) is 20.7 Å². The smallest absolute Gasteiger partial charge is 0.274 e. The zero-order valence-corrected chi connectivity index (χ0v) is 20.7. The SMILES string of the molecule is COc1cc(C(=O)N(N)C(=S)Nc2cc(Cl)cc(NC(=O)c3ccccc3)c2)cc(OC)c1OC. The third-order valence-corrected chi connectivity index (χ3v) is 5.31. The minimum atomic E-state index is -0.624. The van der Waals surface area contributed by atoms with Crippen LogP contribution < -0.4 is 30.7 Å². The van der Waals surface area contributed by atoms with Gasteiger partial charge in [-0.3, -0.25) is 9.59 Å². The number of carbonyl (C=O) groups excluding carboxylic acids is 2. The number of thiocarbonyl (C=S) groups is 1. The second kappa shape index (κ2) is 11.5. The van der Waals surface area contributed by atoms with Crippen molar-refractivity contribution in [1.82, 2.24) is 5.01 Å². The predicted octanol–water partition coefficient (Wildman–Crippen LogP) is 4.33. The Morgan fingerprint density at radius 2 is 1.43 bits per heavy atom. The Balaban J connectivity index is 1.77. The van der Waals surface area contributed by atoms with Gasteiger partial charge in [-0.25, -0.2) is 10.9 Å². The van der Waals surface area contributed by atoms with Crippen molar-refractivity contribution in [3.05, 3.63) is 76.8 Å². The molecule has 0 saturated carbocycles. The summed E-state index contributed by atoms with van der Waals surface area (Å²) in [6.07, 6.45) is 0.